The Morgan fingerprint density at radius 3 is 2.67 bits per heavy atom. The number of para-hydroxylation sites is 1. The number of rotatable bonds is 5. The van der Waals surface area contributed by atoms with E-state index in [0.29, 0.717) is 19.6 Å². The van der Waals surface area contributed by atoms with Crippen LogP contribution in [0.3, 0.4) is 0 Å². The molecule has 0 saturated carbocycles. The van der Waals surface area contributed by atoms with Crippen LogP contribution in [0.5, 0.6) is 0 Å². The molecule has 0 aliphatic carbocycles. The molecular formula is C13H19N3O4S. The average molecular weight is 313 g/mol. The average Bonchev–Trinajstić information content (AvgIpc) is 2.81. The van der Waals surface area contributed by atoms with Crippen molar-refractivity contribution in [1.82, 2.24) is 4.31 Å². The number of hydrogen-bond acceptors (Lipinski definition) is 5. The van der Waals surface area contributed by atoms with Crippen LogP contribution in [0.2, 0.25) is 0 Å². The molecule has 1 aliphatic rings. The lowest BCUT2D eigenvalue weighted by molar-refractivity contribution is -0.387. The van der Waals surface area contributed by atoms with E-state index in [0.717, 1.165) is 6.42 Å². The Labute approximate surface area is 123 Å². The Morgan fingerprint density at radius 2 is 2.05 bits per heavy atom. The third-order valence-electron chi connectivity index (χ3n) is 3.95. The van der Waals surface area contributed by atoms with Crippen LogP contribution < -0.4 is 5.73 Å². The Bertz CT molecular complexity index is 632. The minimum Gasteiger partial charge on any atom is -0.330 e. The number of nitro benzene ring substituents is 1. The van der Waals surface area contributed by atoms with Crippen LogP contribution in [0, 0.1) is 22.0 Å². The lowest BCUT2D eigenvalue weighted by Gasteiger charge is -2.16. The maximum atomic E-state index is 12.6. The van der Waals surface area contributed by atoms with Crippen molar-refractivity contribution < 1.29 is 13.3 Å². The number of nitrogens with zero attached hydrogens (tertiary/aromatic N) is 2. The van der Waals surface area contributed by atoms with Gasteiger partial charge < -0.3 is 5.73 Å². The van der Waals surface area contributed by atoms with Gasteiger partial charge in [-0.2, -0.15) is 4.31 Å². The second-order valence-corrected chi connectivity index (χ2v) is 7.27. The first-order valence-corrected chi connectivity index (χ1v) is 8.25. The first kappa shape index (κ1) is 15.9. The second-order valence-electron chi connectivity index (χ2n) is 5.36. The molecule has 0 radical (unpaired) electrons. The number of nitrogens with two attached hydrogens (primary N) is 1. The van der Waals surface area contributed by atoms with E-state index >= 15 is 0 Å². The Hall–Kier alpha value is -1.51. The summed E-state index contributed by atoms with van der Waals surface area (Å²) < 4.78 is 26.6. The molecule has 2 N–H and O–H groups in total. The summed E-state index contributed by atoms with van der Waals surface area (Å²) in [6.07, 6.45) is 0.754. The van der Waals surface area contributed by atoms with E-state index in [1.165, 1.54) is 28.6 Å². The van der Waals surface area contributed by atoms with Crippen LogP contribution in [0.1, 0.15) is 13.3 Å². The highest BCUT2D eigenvalue weighted by molar-refractivity contribution is 7.89. The van der Waals surface area contributed by atoms with Crippen molar-refractivity contribution in [3.63, 3.8) is 0 Å². The molecule has 1 saturated heterocycles. The quantitative estimate of drug-likeness (QED) is 0.649. The highest BCUT2D eigenvalue weighted by atomic mass is 32.2. The smallest absolute Gasteiger partial charge is 0.289 e. The summed E-state index contributed by atoms with van der Waals surface area (Å²) in [5, 5.41) is 11.0. The van der Waals surface area contributed by atoms with Gasteiger partial charge in [0.2, 0.25) is 10.0 Å². The molecule has 1 heterocycles. The summed E-state index contributed by atoms with van der Waals surface area (Å²) in [6.45, 7) is 3.23. The third kappa shape index (κ3) is 3.07. The number of hydrogen-bond donors (Lipinski definition) is 1. The summed E-state index contributed by atoms with van der Waals surface area (Å²) in [7, 11) is -3.85. The van der Waals surface area contributed by atoms with E-state index < -0.39 is 14.9 Å². The van der Waals surface area contributed by atoms with Gasteiger partial charge in [-0.1, -0.05) is 19.1 Å². The monoisotopic (exact) mass is 313 g/mol. The molecule has 1 aromatic rings. The van der Waals surface area contributed by atoms with Gasteiger partial charge in [-0.3, -0.25) is 10.1 Å². The summed E-state index contributed by atoms with van der Waals surface area (Å²) >= 11 is 0. The molecular weight excluding hydrogens is 294 g/mol. The zero-order chi connectivity index (χ0) is 15.6. The molecule has 0 bridgehead atoms. The number of sulfonamides is 1. The first-order valence-electron chi connectivity index (χ1n) is 6.81. The molecule has 0 unspecified atom stereocenters. The molecule has 0 aromatic heterocycles. The summed E-state index contributed by atoms with van der Waals surface area (Å²) in [6, 6.07) is 5.45. The van der Waals surface area contributed by atoms with Crippen molar-refractivity contribution in [3.05, 3.63) is 34.4 Å². The first-order chi connectivity index (χ1) is 9.87. The predicted octanol–water partition coefficient (Wildman–Crippen LogP) is 1.20. The van der Waals surface area contributed by atoms with Crippen LogP contribution in [0.15, 0.2) is 29.2 Å². The second kappa shape index (κ2) is 6.08. The molecule has 0 amide bonds. The van der Waals surface area contributed by atoms with Gasteiger partial charge in [0.05, 0.1) is 4.92 Å². The zero-order valence-electron chi connectivity index (χ0n) is 11.8. The lowest BCUT2D eigenvalue weighted by Crippen LogP contribution is -2.29. The fraction of sp³-hybridized carbons (Fsp3) is 0.538. The third-order valence-corrected chi connectivity index (χ3v) is 5.83. The van der Waals surface area contributed by atoms with Gasteiger partial charge in [0.1, 0.15) is 0 Å². The van der Waals surface area contributed by atoms with E-state index in [2.05, 4.69) is 0 Å². The fourth-order valence-electron chi connectivity index (χ4n) is 2.74. The van der Waals surface area contributed by atoms with Crippen molar-refractivity contribution >= 4 is 15.7 Å². The normalized spacial score (nSPS) is 23.3. The molecule has 21 heavy (non-hydrogen) atoms. The van der Waals surface area contributed by atoms with Gasteiger partial charge in [0.25, 0.3) is 5.69 Å². The molecule has 2 atom stereocenters. The van der Waals surface area contributed by atoms with Gasteiger partial charge >= 0.3 is 0 Å². The van der Waals surface area contributed by atoms with E-state index in [9.17, 15) is 18.5 Å². The van der Waals surface area contributed by atoms with Gasteiger partial charge in [0.15, 0.2) is 4.90 Å². The predicted molar refractivity (Wildman–Crippen MR) is 78.2 cm³/mol. The van der Waals surface area contributed by atoms with Crippen LogP contribution in [-0.4, -0.2) is 37.3 Å². The Morgan fingerprint density at radius 1 is 1.38 bits per heavy atom. The summed E-state index contributed by atoms with van der Waals surface area (Å²) in [4.78, 5) is 10.1. The van der Waals surface area contributed by atoms with E-state index in [1.54, 1.807) is 0 Å². The van der Waals surface area contributed by atoms with Crippen LogP contribution in [-0.2, 0) is 10.0 Å². The number of nitro groups is 1. The van der Waals surface area contributed by atoms with Crippen molar-refractivity contribution in [2.75, 3.05) is 19.6 Å². The molecule has 0 spiro atoms. The molecule has 8 heteroatoms. The van der Waals surface area contributed by atoms with Gasteiger partial charge in [0, 0.05) is 19.2 Å². The molecule has 2 rings (SSSR count). The molecule has 1 aliphatic heterocycles. The van der Waals surface area contributed by atoms with Crippen molar-refractivity contribution in [3.8, 4) is 0 Å². The fourth-order valence-corrected chi connectivity index (χ4v) is 4.49. The van der Waals surface area contributed by atoms with Crippen molar-refractivity contribution in [2.45, 2.75) is 18.2 Å². The molecule has 116 valence electrons. The minimum atomic E-state index is -3.85. The SMILES string of the molecule is C[C@@H]1CN(S(=O)(=O)c2ccccc2[N+](=O)[O-])C[C@H]1CCN. The van der Waals surface area contributed by atoms with Crippen LogP contribution in [0.25, 0.3) is 0 Å². The maximum Gasteiger partial charge on any atom is 0.289 e. The molecule has 7 nitrogen and oxygen atoms in total. The van der Waals surface area contributed by atoms with E-state index in [4.69, 9.17) is 5.73 Å². The molecule has 1 aromatic carbocycles. The highest BCUT2D eigenvalue weighted by Crippen LogP contribution is 2.33. The Kier molecular flexibility index (Phi) is 4.60. The highest BCUT2D eigenvalue weighted by Gasteiger charge is 2.39. The largest absolute Gasteiger partial charge is 0.330 e. The van der Waals surface area contributed by atoms with Gasteiger partial charge in [-0.15, -0.1) is 0 Å². The molecule has 1 fully saturated rings. The minimum absolute atomic E-state index is 0.200. The van der Waals surface area contributed by atoms with Gasteiger partial charge in [-0.05, 0) is 30.9 Å². The number of benzene rings is 1. The summed E-state index contributed by atoms with van der Waals surface area (Å²) in [5.41, 5.74) is 5.16. The topological polar surface area (TPSA) is 107 Å². The Balaban J connectivity index is 2.34. The van der Waals surface area contributed by atoms with Crippen molar-refractivity contribution in [1.29, 1.82) is 0 Å². The standard InChI is InChI=1S/C13H19N3O4S/c1-10-8-15(9-11(10)6-7-14)21(19,20)13-5-3-2-4-12(13)16(17)18/h2-5,10-11H,6-9,14H2,1H3/t10-,11-/m1/s1. The van der Waals surface area contributed by atoms with Gasteiger partial charge in [-0.25, -0.2) is 8.42 Å². The van der Waals surface area contributed by atoms with Crippen LogP contribution in [0.4, 0.5) is 5.69 Å². The van der Waals surface area contributed by atoms with E-state index in [-0.39, 0.29) is 22.4 Å². The zero-order valence-corrected chi connectivity index (χ0v) is 12.6. The summed E-state index contributed by atoms with van der Waals surface area (Å²) in [5.74, 6) is 0.402. The van der Waals surface area contributed by atoms with Crippen LogP contribution >= 0.6 is 0 Å². The van der Waals surface area contributed by atoms with E-state index in [1.807, 2.05) is 6.92 Å². The maximum absolute atomic E-state index is 12.6. The van der Waals surface area contributed by atoms with Crippen molar-refractivity contribution in [2.24, 2.45) is 17.6 Å². The lowest BCUT2D eigenvalue weighted by atomic mass is 9.95.